The van der Waals surface area contributed by atoms with Gasteiger partial charge in [-0.3, -0.25) is 10.1 Å². The number of nitriles is 2. The molecule has 1 aliphatic rings. The Labute approximate surface area is 187 Å². The number of nitro benzene ring substituents is 1. The topological polar surface area (TPSA) is 143 Å². The smallest absolute Gasteiger partial charge is 0.270 e. The number of fused-ring (bicyclic) bond motifs is 1. The van der Waals surface area contributed by atoms with Gasteiger partial charge in [0.2, 0.25) is 0 Å². The van der Waals surface area contributed by atoms with E-state index in [9.17, 15) is 20.6 Å². The molecule has 3 aromatic rings. The maximum Gasteiger partial charge on any atom is 0.270 e. The minimum atomic E-state index is -0.507. The summed E-state index contributed by atoms with van der Waals surface area (Å²) in [4.78, 5) is 14.9. The molecule has 0 bridgehead atoms. The van der Waals surface area contributed by atoms with Crippen molar-refractivity contribution in [2.75, 3.05) is 5.73 Å². The summed E-state index contributed by atoms with van der Waals surface area (Å²) < 4.78 is 5.90. The van der Waals surface area contributed by atoms with E-state index in [2.05, 4.69) is 17.1 Å². The first-order valence-electron chi connectivity index (χ1n) is 9.35. The largest absolute Gasteiger partial charge is 0.457 e. The van der Waals surface area contributed by atoms with Crippen molar-refractivity contribution in [3.63, 3.8) is 0 Å². The third kappa shape index (κ3) is 3.20. The number of anilines is 1. The quantitative estimate of drug-likeness (QED) is 0.414. The highest BCUT2D eigenvalue weighted by Crippen LogP contribution is 2.44. The number of furan rings is 1. The summed E-state index contributed by atoms with van der Waals surface area (Å²) in [7, 11) is 0. The fraction of sp³-hybridized carbons (Fsp3) is 0.0870. The van der Waals surface area contributed by atoms with Gasteiger partial charge in [-0.05, 0) is 54.8 Å². The van der Waals surface area contributed by atoms with Gasteiger partial charge in [-0.25, -0.2) is 4.98 Å². The Morgan fingerprint density at radius 2 is 1.97 bits per heavy atom. The van der Waals surface area contributed by atoms with E-state index in [1.54, 1.807) is 32.1 Å². The lowest BCUT2D eigenvalue weighted by molar-refractivity contribution is -0.384. The molecule has 4 rings (SSSR count). The van der Waals surface area contributed by atoms with E-state index in [1.165, 1.54) is 18.2 Å². The number of nitrogen functional groups attached to an aromatic ring is 1. The number of allylic oxidation sites excluding steroid dienone is 3. The highest BCUT2D eigenvalue weighted by molar-refractivity contribution is 6.33. The number of pyridine rings is 1. The van der Waals surface area contributed by atoms with Crippen LogP contribution in [-0.4, -0.2) is 9.91 Å². The molecule has 0 fully saturated rings. The molecule has 0 aliphatic heterocycles. The van der Waals surface area contributed by atoms with Crippen LogP contribution in [0.5, 0.6) is 0 Å². The molecule has 0 atom stereocenters. The Kier molecular flexibility index (Phi) is 5.01. The fourth-order valence-electron chi connectivity index (χ4n) is 3.73. The van der Waals surface area contributed by atoms with Crippen molar-refractivity contribution in [1.82, 2.24) is 4.98 Å². The number of hydrogen-bond acceptors (Lipinski definition) is 7. The Hall–Kier alpha value is -4.40. The third-order valence-electron chi connectivity index (χ3n) is 5.32. The lowest BCUT2D eigenvalue weighted by Crippen LogP contribution is -2.03. The average Bonchev–Trinajstić information content (AvgIpc) is 3.31. The molecule has 0 unspecified atom stereocenters. The van der Waals surface area contributed by atoms with Gasteiger partial charge in [0, 0.05) is 23.3 Å². The molecule has 0 saturated heterocycles. The number of rotatable bonds is 3. The minimum Gasteiger partial charge on any atom is -0.457 e. The highest BCUT2D eigenvalue weighted by Gasteiger charge is 2.30. The van der Waals surface area contributed by atoms with Crippen molar-refractivity contribution in [2.45, 2.75) is 13.8 Å². The van der Waals surface area contributed by atoms with E-state index in [0.717, 1.165) is 0 Å². The number of nitrogens with two attached hydrogens (primary N) is 1. The number of nitro groups is 1. The van der Waals surface area contributed by atoms with Crippen LogP contribution in [0.3, 0.4) is 0 Å². The summed E-state index contributed by atoms with van der Waals surface area (Å²) in [6.45, 7) is 3.54. The summed E-state index contributed by atoms with van der Waals surface area (Å²) in [6, 6.07) is 11.7. The Morgan fingerprint density at radius 1 is 1.22 bits per heavy atom. The van der Waals surface area contributed by atoms with Crippen LogP contribution in [0.25, 0.3) is 28.5 Å². The summed E-state index contributed by atoms with van der Waals surface area (Å²) >= 11 is 6.22. The molecule has 32 heavy (non-hydrogen) atoms. The Bertz CT molecular complexity index is 1470. The lowest BCUT2D eigenvalue weighted by Gasteiger charge is -2.10. The Morgan fingerprint density at radius 3 is 2.62 bits per heavy atom. The van der Waals surface area contributed by atoms with Gasteiger partial charge >= 0.3 is 0 Å². The molecule has 156 valence electrons. The molecule has 1 aromatic carbocycles. The van der Waals surface area contributed by atoms with Crippen molar-refractivity contribution >= 4 is 40.3 Å². The number of nitrogens with zero attached hydrogens (tertiary/aromatic N) is 4. The van der Waals surface area contributed by atoms with Crippen molar-refractivity contribution in [3.8, 4) is 23.5 Å². The van der Waals surface area contributed by atoms with Gasteiger partial charge in [0.1, 0.15) is 29.5 Å². The second-order valence-corrected chi connectivity index (χ2v) is 7.53. The molecule has 0 saturated carbocycles. The van der Waals surface area contributed by atoms with Crippen LogP contribution in [0.2, 0.25) is 5.02 Å². The standard InChI is InChI=1S/C23H14ClN5O3/c1-11-15(21-12(2)18(10-26)23(27)28-22(21)17(11)9-25)8-14-4-6-20(32-14)16-7-13(29(30)31)3-5-19(16)24/h3-8H,1-2H3,(H2,27,28)/b15-8-. The second kappa shape index (κ2) is 7.69. The van der Waals surface area contributed by atoms with E-state index < -0.39 is 4.92 Å². The van der Waals surface area contributed by atoms with Crippen LogP contribution in [0.1, 0.15) is 35.1 Å². The molecule has 2 N–H and O–H groups in total. The second-order valence-electron chi connectivity index (χ2n) is 7.13. The third-order valence-corrected chi connectivity index (χ3v) is 5.65. The van der Waals surface area contributed by atoms with Crippen molar-refractivity contribution in [1.29, 1.82) is 10.5 Å². The SMILES string of the molecule is CC1=C(C#N)c2nc(N)c(C#N)c(C)c2/C1=C\c1ccc(-c2cc([N+](=O)[O-])ccc2Cl)o1. The number of non-ortho nitro benzene ring substituents is 1. The summed E-state index contributed by atoms with van der Waals surface area (Å²) in [6.07, 6.45) is 1.74. The number of benzene rings is 1. The lowest BCUT2D eigenvalue weighted by atomic mass is 9.96. The van der Waals surface area contributed by atoms with E-state index in [1.807, 2.05) is 0 Å². The number of aromatic nitrogens is 1. The first-order chi connectivity index (χ1) is 15.3. The number of halogens is 1. The zero-order valence-electron chi connectivity index (χ0n) is 16.9. The van der Waals surface area contributed by atoms with Gasteiger partial charge in [0.15, 0.2) is 0 Å². The molecule has 0 amide bonds. The van der Waals surface area contributed by atoms with Crippen LogP contribution < -0.4 is 5.73 Å². The van der Waals surface area contributed by atoms with Gasteiger partial charge < -0.3 is 10.2 Å². The summed E-state index contributed by atoms with van der Waals surface area (Å²) in [5.41, 5.74) is 9.90. The molecule has 9 heteroatoms. The monoisotopic (exact) mass is 443 g/mol. The molecule has 2 heterocycles. The molecule has 8 nitrogen and oxygen atoms in total. The molecular formula is C23H14ClN5O3. The summed E-state index contributed by atoms with van der Waals surface area (Å²) in [5, 5.41) is 30.5. The van der Waals surface area contributed by atoms with Crippen LogP contribution in [0.4, 0.5) is 11.5 Å². The maximum absolute atomic E-state index is 11.1. The van der Waals surface area contributed by atoms with E-state index in [-0.39, 0.29) is 17.1 Å². The van der Waals surface area contributed by atoms with Gasteiger partial charge in [0.25, 0.3) is 5.69 Å². The Balaban J connectivity index is 1.86. The summed E-state index contributed by atoms with van der Waals surface area (Å²) in [5.74, 6) is 0.874. The van der Waals surface area contributed by atoms with E-state index in [4.69, 9.17) is 21.8 Å². The van der Waals surface area contributed by atoms with Crippen molar-refractivity contribution in [3.05, 3.63) is 79.2 Å². The zero-order chi connectivity index (χ0) is 23.2. The minimum absolute atomic E-state index is 0.0751. The predicted molar refractivity (Wildman–Crippen MR) is 120 cm³/mol. The van der Waals surface area contributed by atoms with Gasteiger partial charge in [-0.2, -0.15) is 10.5 Å². The number of hydrogen-bond donors (Lipinski definition) is 1. The average molecular weight is 444 g/mol. The highest BCUT2D eigenvalue weighted by atomic mass is 35.5. The molecular weight excluding hydrogens is 430 g/mol. The van der Waals surface area contributed by atoms with Crippen LogP contribution in [0.15, 0.2) is 40.3 Å². The van der Waals surface area contributed by atoms with Crippen LogP contribution in [0, 0.1) is 39.7 Å². The van der Waals surface area contributed by atoms with Crippen LogP contribution in [-0.2, 0) is 0 Å². The van der Waals surface area contributed by atoms with Crippen molar-refractivity contribution < 1.29 is 9.34 Å². The fourth-order valence-corrected chi connectivity index (χ4v) is 3.94. The predicted octanol–water partition coefficient (Wildman–Crippen LogP) is 5.52. The van der Waals surface area contributed by atoms with E-state index in [0.29, 0.717) is 55.6 Å². The molecule has 2 aromatic heterocycles. The van der Waals surface area contributed by atoms with Crippen LogP contribution >= 0.6 is 11.6 Å². The first kappa shape index (κ1) is 20.9. The normalized spacial score (nSPS) is 13.7. The molecule has 0 radical (unpaired) electrons. The van der Waals surface area contributed by atoms with Gasteiger partial charge in [0.05, 0.1) is 26.8 Å². The van der Waals surface area contributed by atoms with Gasteiger partial charge in [-0.15, -0.1) is 0 Å². The van der Waals surface area contributed by atoms with E-state index >= 15 is 0 Å². The zero-order valence-corrected chi connectivity index (χ0v) is 17.7. The molecule has 0 spiro atoms. The van der Waals surface area contributed by atoms with Crippen molar-refractivity contribution in [2.24, 2.45) is 0 Å². The molecule has 1 aliphatic carbocycles. The maximum atomic E-state index is 11.1. The van der Waals surface area contributed by atoms with Gasteiger partial charge in [-0.1, -0.05) is 11.6 Å². The first-order valence-corrected chi connectivity index (χ1v) is 9.72.